The summed E-state index contributed by atoms with van der Waals surface area (Å²) in [6, 6.07) is 7.78. The van der Waals surface area contributed by atoms with E-state index in [1.54, 1.807) is 7.11 Å². The second-order valence-corrected chi connectivity index (χ2v) is 3.65. The first-order valence-electron chi connectivity index (χ1n) is 5.08. The van der Waals surface area contributed by atoms with E-state index in [-0.39, 0.29) is 12.2 Å². The molecule has 0 aliphatic carbocycles. The highest BCUT2D eigenvalue weighted by Gasteiger charge is 2.25. The van der Waals surface area contributed by atoms with E-state index in [1.807, 2.05) is 24.3 Å². The maximum atomic E-state index is 10.5. The van der Waals surface area contributed by atoms with Crippen LogP contribution in [0.1, 0.15) is 24.5 Å². The molecule has 1 heterocycles. The highest BCUT2D eigenvalue weighted by atomic mass is 16.5. The number of ether oxygens (including phenoxy) is 2. The van der Waals surface area contributed by atoms with Crippen LogP contribution in [-0.2, 0) is 9.53 Å². The van der Waals surface area contributed by atoms with E-state index in [2.05, 4.69) is 0 Å². The van der Waals surface area contributed by atoms with Gasteiger partial charge in [-0.25, -0.2) is 0 Å². The van der Waals surface area contributed by atoms with Gasteiger partial charge in [-0.1, -0.05) is 12.1 Å². The van der Waals surface area contributed by atoms with Crippen LogP contribution in [0.3, 0.4) is 0 Å². The lowest BCUT2D eigenvalue weighted by atomic mass is 10.1. The molecule has 0 bridgehead atoms. The number of carbonyl (C=O) groups is 1. The van der Waals surface area contributed by atoms with Crippen molar-refractivity contribution in [3.63, 3.8) is 0 Å². The quantitative estimate of drug-likeness (QED) is 0.710. The molecule has 0 amide bonds. The molecule has 1 aromatic rings. The SMILES string of the molecule is COc1ccc(C2CCC(C=O)O2)cc1. The fourth-order valence-corrected chi connectivity index (χ4v) is 1.83. The van der Waals surface area contributed by atoms with Gasteiger partial charge in [0.05, 0.1) is 13.2 Å². The summed E-state index contributed by atoms with van der Waals surface area (Å²) in [6.07, 6.45) is 2.45. The average Bonchev–Trinajstić information content (AvgIpc) is 2.78. The van der Waals surface area contributed by atoms with Gasteiger partial charge in [-0.2, -0.15) is 0 Å². The number of methoxy groups -OCH3 is 1. The molecular weight excluding hydrogens is 192 g/mol. The molecule has 0 radical (unpaired) electrons. The van der Waals surface area contributed by atoms with Gasteiger partial charge in [0.25, 0.3) is 0 Å². The Morgan fingerprint density at radius 2 is 2.07 bits per heavy atom. The zero-order chi connectivity index (χ0) is 10.7. The van der Waals surface area contributed by atoms with Crippen LogP contribution < -0.4 is 4.74 Å². The molecular formula is C12H14O3. The van der Waals surface area contributed by atoms with Crippen LogP contribution in [0, 0.1) is 0 Å². The lowest BCUT2D eigenvalue weighted by molar-refractivity contribution is -0.117. The van der Waals surface area contributed by atoms with Crippen LogP contribution in [0.2, 0.25) is 0 Å². The van der Waals surface area contributed by atoms with Crippen molar-refractivity contribution in [2.24, 2.45) is 0 Å². The first kappa shape index (κ1) is 10.2. The summed E-state index contributed by atoms with van der Waals surface area (Å²) >= 11 is 0. The van der Waals surface area contributed by atoms with Crippen molar-refractivity contribution in [3.8, 4) is 5.75 Å². The van der Waals surface area contributed by atoms with Gasteiger partial charge < -0.3 is 14.3 Å². The smallest absolute Gasteiger partial charge is 0.148 e. The molecule has 2 atom stereocenters. The van der Waals surface area contributed by atoms with Gasteiger partial charge in [-0.15, -0.1) is 0 Å². The summed E-state index contributed by atoms with van der Waals surface area (Å²) < 4.78 is 10.6. The second-order valence-electron chi connectivity index (χ2n) is 3.65. The predicted octanol–water partition coefficient (Wildman–Crippen LogP) is 2.11. The number of aldehydes is 1. The minimum Gasteiger partial charge on any atom is -0.497 e. The number of carbonyl (C=O) groups excluding carboxylic acids is 1. The predicted molar refractivity (Wildman–Crippen MR) is 55.9 cm³/mol. The number of benzene rings is 1. The summed E-state index contributed by atoms with van der Waals surface area (Å²) in [4.78, 5) is 10.5. The molecule has 1 aromatic carbocycles. The van der Waals surface area contributed by atoms with Crippen molar-refractivity contribution in [1.82, 2.24) is 0 Å². The average molecular weight is 206 g/mol. The van der Waals surface area contributed by atoms with E-state index in [4.69, 9.17) is 9.47 Å². The number of hydrogen-bond donors (Lipinski definition) is 0. The topological polar surface area (TPSA) is 35.5 Å². The Kier molecular flexibility index (Phi) is 3.02. The summed E-state index contributed by atoms with van der Waals surface area (Å²) in [7, 11) is 1.64. The number of hydrogen-bond acceptors (Lipinski definition) is 3. The summed E-state index contributed by atoms with van der Waals surface area (Å²) in [5.74, 6) is 0.837. The molecule has 1 fully saturated rings. The molecule has 0 N–H and O–H groups in total. The largest absolute Gasteiger partial charge is 0.497 e. The summed E-state index contributed by atoms with van der Waals surface area (Å²) in [5, 5.41) is 0. The molecule has 1 aliphatic heterocycles. The molecule has 15 heavy (non-hydrogen) atoms. The van der Waals surface area contributed by atoms with Crippen LogP contribution in [-0.4, -0.2) is 19.5 Å². The van der Waals surface area contributed by atoms with Gasteiger partial charge >= 0.3 is 0 Å². The van der Waals surface area contributed by atoms with Crippen LogP contribution >= 0.6 is 0 Å². The minimum absolute atomic E-state index is 0.0612. The number of rotatable bonds is 3. The van der Waals surface area contributed by atoms with Crippen LogP contribution in [0.5, 0.6) is 5.75 Å². The Morgan fingerprint density at radius 1 is 1.33 bits per heavy atom. The van der Waals surface area contributed by atoms with Crippen molar-refractivity contribution in [3.05, 3.63) is 29.8 Å². The van der Waals surface area contributed by atoms with Crippen molar-refractivity contribution >= 4 is 6.29 Å². The highest BCUT2D eigenvalue weighted by molar-refractivity contribution is 5.56. The van der Waals surface area contributed by atoms with E-state index < -0.39 is 0 Å². The zero-order valence-electron chi connectivity index (χ0n) is 8.68. The minimum atomic E-state index is -0.225. The third kappa shape index (κ3) is 2.18. The van der Waals surface area contributed by atoms with Gasteiger partial charge in [0.2, 0.25) is 0 Å². The third-order valence-electron chi connectivity index (χ3n) is 2.69. The van der Waals surface area contributed by atoms with Gasteiger partial charge in [0, 0.05) is 0 Å². The Hall–Kier alpha value is -1.35. The molecule has 2 unspecified atom stereocenters. The molecule has 0 spiro atoms. The van der Waals surface area contributed by atoms with Crippen molar-refractivity contribution in [2.75, 3.05) is 7.11 Å². The fourth-order valence-electron chi connectivity index (χ4n) is 1.83. The molecule has 1 aliphatic rings. The Balaban J connectivity index is 2.07. The van der Waals surface area contributed by atoms with Crippen molar-refractivity contribution in [2.45, 2.75) is 25.0 Å². The van der Waals surface area contributed by atoms with Gasteiger partial charge in [0.1, 0.15) is 18.1 Å². The first-order chi connectivity index (χ1) is 7.33. The maximum absolute atomic E-state index is 10.5. The van der Waals surface area contributed by atoms with Gasteiger partial charge in [0.15, 0.2) is 0 Å². The highest BCUT2D eigenvalue weighted by Crippen LogP contribution is 2.32. The molecule has 0 saturated carbocycles. The molecule has 3 heteroatoms. The van der Waals surface area contributed by atoms with Crippen LogP contribution in [0.25, 0.3) is 0 Å². The summed E-state index contributed by atoms with van der Waals surface area (Å²) in [6.45, 7) is 0. The van der Waals surface area contributed by atoms with E-state index in [0.29, 0.717) is 0 Å². The van der Waals surface area contributed by atoms with Gasteiger partial charge in [-0.05, 0) is 30.5 Å². The van der Waals surface area contributed by atoms with Crippen molar-refractivity contribution in [1.29, 1.82) is 0 Å². The molecule has 3 nitrogen and oxygen atoms in total. The zero-order valence-corrected chi connectivity index (χ0v) is 8.68. The van der Waals surface area contributed by atoms with E-state index >= 15 is 0 Å². The summed E-state index contributed by atoms with van der Waals surface area (Å²) in [5.41, 5.74) is 1.11. The lowest BCUT2D eigenvalue weighted by Crippen LogP contribution is -2.07. The van der Waals surface area contributed by atoms with E-state index in [0.717, 1.165) is 30.4 Å². The monoisotopic (exact) mass is 206 g/mol. The maximum Gasteiger partial charge on any atom is 0.148 e. The van der Waals surface area contributed by atoms with E-state index in [1.165, 1.54) is 0 Å². The molecule has 1 saturated heterocycles. The Bertz CT molecular complexity index is 331. The second kappa shape index (κ2) is 4.45. The Morgan fingerprint density at radius 3 is 2.60 bits per heavy atom. The lowest BCUT2D eigenvalue weighted by Gasteiger charge is -2.11. The molecule has 0 aromatic heterocycles. The molecule has 80 valence electrons. The van der Waals surface area contributed by atoms with E-state index in [9.17, 15) is 4.79 Å². The standard InChI is InChI=1S/C12H14O3/c1-14-10-4-2-9(3-5-10)12-7-6-11(8-13)15-12/h2-5,8,11-12H,6-7H2,1H3. The van der Waals surface area contributed by atoms with Crippen LogP contribution in [0.15, 0.2) is 24.3 Å². The van der Waals surface area contributed by atoms with Crippen molar-refractivity contribution < 1.29 is 14.3 Å². The third-order valence-corrected chi connectivity index (χ3v) is 2.69. The fraction of sp³-hybridized carbons (Fsp3) is 0.417. The normalized spacial score (nSPS) is 25.1. The Labute approximate surface area is 89.0 Å². The van der Waals surface area contributed by atoms with Gasteiger partial charge in [-0.3, -0.25) is 0 Å². The first-order valence-corrected chi connectivity index (χ1v) is 5.08. The van der Waals surface area contributed by atoms with Crippen LogP contribution in [0.4, 0.5) is 0 Å². The molecule has 2 rings (SSSR count).